The van der Waals surface area contributed by atoms with Crippen LogP contribution in [0.2, 0.25) is 0 Å². The lowest BCUT2D eigenvalue weighted by molar-refractivity contribution is -0.140. The van der Waals surface area contributed by atoms with E-state index >= 15 is 0 Å². The number of benzene rings is 4. The van der Waals surface area contributed by atoms with Crippen LogP contribution in [0.4, 0.5) is 5.69 Å². The predicted molar refractivity (Wildman–Crippen MR) is 182 cm³/mol. The molecule has 1 unspecified atom stereocenters. The number of rotatable bonds is 14. The minimum atomic E-state index is -4.17. The standard InChI is InChI=1S/C37H43N3O5S/c1-27(2)24-38-37(42)35(23-30-13-8-6-9-14-30)39(25-31-15-12-16-32(22-31)45-5)36(41)26-40(34-21-28(3)19-20-29(34)4)46(43,44)33-17-10-7-11-18-33/h6-22,27,35H,23-26H2,1-5H3,(H,38,42). The van der Waals surface area contributed by atoms with Crippen molar-refractivity contribution >= 4 is 27.5 Å². The number of amides is 2. The Morgan fingerprint density at radius 2 is 1.48 bits per heavy atom. The maximum atomic E-state index is 14.6. The Balaban J connectivity index is 1.83. The molecule has 1 N–H and O–H groups in total. The summed E-state index contributed by atoms with van der Waals surface area (Å²) in [6, 6.07) is 29.5. The topological polar surface area (TPSA) is 96.0 Å². The number of carbonyl (C=O) groups excluding carboxylic acids is 2. The van der Waals surface area contributed by atoms with Gasteiger partial charge in [-0.05, 0) is 72.4 Å². The fraction of sp³-hybridized carbons (Fsp3) is 0.297. The molecule has 9 heteroatoms. The van der Waals surface area contributed by atoms with E-state index in [1.54, 1.807) is 37.4 Å². The molecular formula is C37H43N3O5S. The molecule has 0 spiro atoms. The SMILES string of the molecule is COc1cccc(CN(C(=O)CN(c2cc(C)ccc2C)S(=O)(=O)c2ccccc2)C(Cc2ccccc2)C(=O)NCC(C)C)c1. The van der Waals surface area contributed by atoms with Crippen molar-refractivity contribution in [3.05, 3.63) is 125 Å². The molecule has 0 aliphatic heterocycles. The van der Waals surface area contributed by atoms with Gasteiger partial charge in [0.2, 0.25) is 11.8 Å². The highest BCUT2D eigenvalue weighted by Gasteiger charge is 2.35. The molecule has 242 valence electrons. The molecule has 2 amide bonds. The number of aryl methyl sites for hydroxylation is 2. The second-order valence-corrected chi connectivity index (χ2v) is 13.7. The molecule has 46 heavy (non-hydrogen) atoms. The smallest absolute Gasteiger partial charge is 0.264 e. The van der Waals surface area contributed by atoms with E-state index in [0.717, 1.165) is 21.0 Å². The van der Waals surface area contributed by atoms with Crippen molar-refractivity contribution in [1.82, 2.24) is 10.2 Å². The van der Waals surface area contributed by atoms with Crippen LogP contribution in [0.5, 0.6) is 5.75 Å². The van der Waals surface area contributed by atoms with Crippen LogP contribution < -0.4 is 14.4 Å². The van der Waals surface area contributed by atoms with Crippen molar-refractivity contribution < 1.29 is 22.7 Å². The van der Waals surface area contributed by atoms with Gasteiger partial charge < -0.3 is 15.0 Å². The highest BCUT2D eigenvalue weighted by Crippen LogP contribution is 2.29. The third-order valence-corrected chi connectivity index (χ3v) is 9.46. The van der Waals surface area contributed by atoms with Crippen LogP contribution in [0, 0.1) is 19.8 Å². The number of hydrogen-bond donors (Lipinski definition) is 1. The summed E-state index contributed by atoms with van der Waals surface area (Å²) in [6.07, 6.45) is 0.245. The summed E-state index contributed by atoms with van der Waals surface area (Å²) >= 11 is 0. The van der Waals surface area contributed by atoms with Crippen LogP contribution in [0.25, 0.3) is 0 Å². The molecule has 4 aromatic rings. The van der Waals surface area contributed by atoms with Gasteiger partial charge in [0.1, 0.15) is 18.3 Å². The normalized spacial score (nSPS) is 12.0. The molecular weight excluding hydrogens is 598 g/mol. The third-order valence-electron chi connectivity index (χ3n) is 7.69. The fourth-order valence-corrected chi connectivity index (χ4v) is 6.66. The van der Waals surface area contributed by atoms with Gasteiger partial charge in [-0.1, -0.05) is 86.6 Å². The first-order valence-corrected chi connectivity index (χ1v) is 16.8. The van der Waals surface area contributed by atoms with Gasteiger partial charge in [-0.15, -0.1) is 0 Å². The van der Waals surface area contributed by atoms with Gasteiger partial charge in [0.15, 0.2) is 0 Å². The zero-order valence-corrected chi connectivity index (χ0v) is 28.0. The lowest BCUT2D eigenvalue weighted by Gasteiger charge is -2.34. The second-order valence-electron chi connectivity index (χ2n) is 11.8. The van der Waals surface area contributed by atoms with Gasteiger partial charge in [-0.2, -0.15) is 0 Å². The first-order chi connectivity index (χ1) is 22.0. The summed E-state index contributed by atoms with van der Waals surface area (Å²) in [7, 11) is -2.60. The van der Waals surface area contributed by atoms with Gasteiger partial charge in [-0.3, -0.25) is 13.9 Å². The van der Waals surface area contributed by atoms with Crippen molar-refractivity contribution in [2.45, 2.75) is 51.6 Å². The highest BCUT2D eigenvalue weighted by molar-refractivity contribution is 7.92. The molecule has 0 aliphatic rings. The number of sulfonamides is 1. The number of anilines is 1. The zero-order chi connectivity index (χ0) is 33.3. The Morgan fingerprint density at radius 1 is 0.826 bits per heavy atom. The molecule has 4 aromatic carbocycles. The minimum Gasteiger partial charge on any atom is -0.497 e. The monoisotopic (exact) mass is 641 g/mol. The minimum absolute atomic E-state index is 0.0641. The molecule has 0 saturated heterocycles. The van der Waals surface area contributed by atoms with Crippen molar-refractivity contribution in [2.24, 2.45) is 5.92 Å². The molecule has 0 aliphatic carbocycles. The van der Waals surface area contributed by atoms with Crippen molar-refractivity contribution in [2.75, 3.05) is 24.5 Å². The van der Waals surface area contributed by atoms with Crippen molar-refractivity contribution in [1.29, 1.82) is 0 Å². The summed E-state index contributed by atoms with van der Waals surface area (Å²) in [5.74, 6) is -0.0149. The number of carbonyl (C=O) groups is 2. The molecule has 8 nitrogen and oxygen atoms in total. The Hall–Kier alpha value is -4.63. The van der Waals surface area contributed by atoms with E-state index in [9.17, 15) is 18.0 Å². The molecule has 0 bridgehead atoms. The lowest BCUT2D eigenvalue weighted by atomic mass is 10.0. The van der Waals surface area contributed by atoms with Crippen molar-refractivity contribution in [3.8, 4) is 5.75 Å². The molecule has 1 atom stereocenters. The molecule has 0 fully saturated rings. The predicted octanol–water partition coefficient (Wildman–Crippen LogP) is 5.92. The van der Waals surface area contributed by atoms with Crippen LogP contribution >= 0.6 is 0 Å². The Bertz CT molecular complexity index is 1730. The summed E-state index contributed by atoms with van der Waals surface area (Å²) in [5, 5.41) is 3.01. The Morgan fingerprint density at radius 3 is 2.13 bits per heavy atom. The zero-order valence-electron chi connectivity index (χ0n) is 27.1. The maximum absolute atomic E-state index is 14.6. The molecule has 0 aromatic heterocycles. The molecule has 0 saturated carbocycles. The van der Waals surface area contributed by atoms with Gasteiger partial charge >= 0.3 is 0 Å². The first kappa shape index (κ1) is 34.2. The number of nitrogens with zero attached hydrogens (tertiary/aromatic N) is 2. The van der Waals surface area contributed by atoms with E-state index in [0.29, 0.717) is 23.5 Å². The molecule has 4 rings (SSSR count). The second kappa shape index (κ2) is 15.6. The number of ether oxygens (including phenoxy) is 1. The lowest BCUT2D eigenvalue weighted by Crippen LogP contribution is -2.53. The van der Waals surface area contributed by atoms with Gasteiger partial charge in [-0.25, -0.2) is 8.42 Å². The van der Waals surface area contributed by atoms with Gasteiger partial charge in [0.05, 0.1) is 17.7 Å². The maximum Gasteiger partial charge on any atom is 0.264 e. The quantitative estimate of drug-likeness (QED) is 0.185. The van der Waals surface area contributed by atoms with Crippen LogP contribution in [0.1, 0.15) is 36.1 Å². The summed E-state index contributed by atoms with van der Waals surface area (Å²) in [5.41, 5.74) is 3.57. The van der Waals surface area contributed by atoms with Crippen LogP contribution in [0.15, 0.2) is 108 Å². The average molecular weight is 642 g/mol. The molecule has 0 radical (unpaired) electrons. The van der Waals surface area contributed by atoms with E-state index < -0.39 is 28.5 Å². The summed E-state index contributed by atoms with van der Waals surface area (Å²) < 4.78 is 35.1. The molecule has 0 heterocycles. The number of methoxy groups -OCH3 is 1. The highest BCUT2D eigenvalue weighted by atomic mass is 32.2. The van der Waals surface area contributed by atoms with E-state index in [4.69, 9.17) is 4.74 Å². The Labute approximate surface area is 273 Å². The van der Waals surface area contributed by atoms with E-state index in [2.05, 4.69) is 5.32 Å². The Kier molecular flexibility index (Phi) is 11.6. The van der Waals surface area contributed by atoms with E-state index in [1.807, 2.05) is 88.4 Å². The fourth-order valence-electron chi connectivity index (χ4n) is 5.17. The van der Waals surface area contributed by atoms with Gasteiger partial charge in [0, 0.05) is 19.5 Å². The average Bonchev–Trinajstić information content (AvgIpc) is 3.06. The summed E-state index contributed by atoms with van der Waals surface area (Å²) in [6.45, 7) is 7.69. The van der Waals surface area contributed by atoms with Crippen LogP contribution in [-0.4, -0.2) is 51.4 Å². The summed E-state index contributed by atoms with van der Waals surface area (Å²) in [4.78, 5) is 30.1. The van der Waals surface area contributed by atoms with Crippen LogP contribution in [0.3, 0.4) is 0 Å². The van der Waals surface area contributed by atoms with E-state index in [-0.39, 0.29) is 29.7 Å². The van der Waals surface area contributed by atoms with Crippen molar-refractivity contribution in [3.63, 3.8) is 0 Å². The van der Waals surface area contributed by atoms with E-state index in [1.165, 1.54) is 17.0 Å². The first-order valence-electron chi connectivity index (χ1n) is 15.4. The number of hydrogen-bond acceptors (Lipinski definition) is 5. The van der Waals surface area contributed by atoms with Gasteiger partial charge in [0.25, 0.3) is 10.0 Å². The number of nitrogens with one attached hydrogen (secondary N) is 1. The largest absolute Gasteiger partial charge is 0.497 e. The van der Waals surface area contributed by atoms with Crippen LogP contribution in [-0.2, 0) is 32.6 Å². The third kappa shape index (κ3) is 8.75.